The van der Waals surface area contributed by atoms with E-state index in [-0.39, 0.29) is 17.5 Å². The van der Waals surface area contributed by atoms with Crippen molar-refractivity contribution in [1.29, 1.82) is 0 Å². The van der Waals surface area contributed by atoms with E-state index in [0.717, 1.165) is 48.5 Å². The minimum absolute atomic E-state index is 0.236. The third kappa shape index (κ3) is 5.05. The molecule has 0 aliphatic heterocycles. The molecule has 33 heavy (non-hydrogen) atoms. The predicted molar refractivity (Wildman–Crippen MR) is 127 cm³/mol. The Bertz CT molecular complexity index is 1160. The van der Waals surface area contributed by atoms with Crippen molar-refractivity contribution in [1.82, 2.24) is 15.3 Å². The van der Waals surface area contributed by atoms with Crippen LogP contribution in [-0.4, -0.2) is 42.6 Å². The van der Waals surface area contributed by atoms with E-state index in [4.69, 9.17) is 4.98 Å². The number of carbonyl (C=O) groups is 1. The van der Waals surface area contributed by atoms with Crippen LogP contribution in [0.25, 0.3) is 10.9 Å². The molecule has 1 amide bonds. The number of hydrogen-bond donors (Lipinski definition) is 2. The van der Waals surface area contributed by atoms with E-state index < -0.39 is 23.1 Å². The molecule has 1 aliphatic carbocycles. The highest BCUT2D eigenvalue weighted by Gasteiger charge is 2.24. The van der Waals surface area contributed by atoms with Crippen LogP contribution in [0.4, 0.5) is 20.5 Å². The molecule has 0 spiro atoms. The van der Waals surface area contributed by atoms with Gasteiger partial charge in [0.15, 0.2) is 0 Å². The van der Waals surface area contributed by atoms with Crippen molar-refractivity contribution in [2.45, 2.75) is 38.6 Å². The van der Waals surface area contributed by atoms with E-state index in [1.54, 1.807) is 0 Å². The first kappa shape index (κ1) is 22.9. The van der Waals surface area contributed by atoms with Crippen LogP contribution >= 0.6 is 0 Å². The second kappa shape index (κ2) is 9.68. The van der Waals surface area contributed by atoms with E-state index >= 15 is 0 Å². The number of carbonyl (C=O) groups excluding carboxylic acids is 1. The van der Waals surface area contributed by atoms with Gasteiger partial charge in [-0.05, 0) is 62.3 Å². The summed E-state index contributed by atoms with van der Waals surface area (Å²) in [4.78, 5) is 23.7. The summed E-state index contributed by atoms with van der Waals surface area (Å²) in [5, 5.41) is 7.19. The number of hydrogen-bond acceptors (Lipinski definition) is 5. The van der Waals surface area contributed by atoms with Gasteiger partial charge in [0.25, 0.3) is 5.91 Å². The van der Waals surface area contributed by atoms with Crippen LogP contribution in [0.1, 0.15) is 41.6 Å². The average molecular weight is 454 g/mol. The topological polar surface area (TPSA) is 70.2 Å². The molecule has 1 heterocycles. The zero-order valence-electron chi connectivity index (χ0n) is 19.2. The van der Waals surface area contributed by atoms with Crippen LogP contribution in [0.2, 0.25) is 0 Å². The molecule has 1 aromatic heterocycles. The highest BCUT2D eigenvalue weighted by Crippen LogP contribution is 2.28. The van der Waals surface area contributed by atoms with Gasteiger partial charge in [0, 0.05) is 32.1 Å². The lowest BCUT2D eigenvalue weighted by Crippen LogP contribution is -2.35. The molecule has 1 saturated carbocycles. The minimum Gasteiger partial charge on any atom is -0.362 e. The number of aromatic nitrogens is 2. The summed E-state index contributed by atoms with van der Waals surface area (Å²) in [7, 11) is 3.93. The Labute approximate surface area is 192 Å². The van der Waals surface area contributed by atoms with E-state index in [2.05, 4.69) is 15.6 Å². The van der Waals surface area contributed by atoms with Crippen LogP contribution in [0.5, 0.6) is 0 Å². The van der Waals surface area contributed by atoms with Crippen LogP contribution < -0.4 is 15.5 Å². The number of nitrogens with one attached hydrogen (secondary N) is 2. The first-order valence-electron chi connectivity index (χ1n) is 11.3. The number of fused-ring (bicyclic) bond motifs is 1. The fourth-order valence-electron chi connectivity index (χ4n) is 4.35. The molecule has 3 aromatic rings. The lowest BCUT2D eigenvalue weighted by Gasteiger charge is -2.29. The molecule has 0 atom stereocenters. The van der Waals surface area contributed by atoms with Crippen molar-refractivity contribution in [2.75, 3.05) is 30.9 Å². The van der Waals surface area contributed by atoms with Gasteiger partial charge < -0.3 is 15.5 Å². The van der Waals surface area contributed by atoms with Gasteiger partial charge in [0.05, 0.1) is 5.52 Å². The molecule has 0 radical (unpaired) electrons. The Hall–Kier alpha value is -3.29. The van der Waals surface area contributed by atoms with Crippen molar-refractivity contribution in [3.05, 3.63) is 59.2 Å². The Balaban J connectivity index is 1.34. The summed E-state index contributed by atoms with van der Waals surface area (Å²) in [6.07, 6.45) is 3.60. The number of halogens is 2. The molecule has 1 fully saturated rings. The average Bonchev–Trinajstić information content (AvgIpc) is 2.80. The smallest absolute Gasteiger partial charge is 0.257 e. The van der Waals surface area contributed by atoms with Gasteiger partial charge in [0.1, 0.15) is 23.0 Å². The zero-order chi connectivity index (χ0) is 23.5. The molecule has 0 bridgehead atoms. The second-order valence-corrected chi connectivity index (χ2v) is 8.91. The van der Waals surface area contributed by atoms with Crippen molar-refractivity contribution in [2.24, 2.45) is 5.92 Å². The standard InChI is InChI=1S/C25H29F2N5O/c1-15-8-13-19(26)21(22(15)27)24(33)28-14-16-9-11-17(12-10-16)29-25-30-20-7-5-4-6-18(20)23(31-25)32(2)3/h4-8,13,16-17H,9-12,14H2,1-3H3,(H,28,33)(H,29,30,31)/t16-,17+. The minimum atomic E-state index is -0.837. The fraction of sp³-hybridized carbons (Fsp3) is 0.400. The second-order valence-electron chi connectivity index (χ2n) is 8.91. The van der Waals surface area contributed by atoms with Crippen LogP contribution in [-0.2, 0) is 0 Å². The van der Waals surface area contributed by atoms with E-state index in [1.165, 1.54) is 13.0 Å². The monoisotopic (exact) mass is 453 g/mol. The molecule has 2 N–H and O–H groups in total. The number of rotatable bonds is 6. The summed E-state index contributed by atoms with van der Waals surface area (Å²) in [5.41, 5.74) is 0.641. The molecular weight excluding hydrogens is 424 g/mol. The highest BCUT2D eigenvalue weighted by molar-refractivity contribution is 5.95. The van der Waals surface area contributed by atoms with Crippen molar-refractivity contribution >= 4 is 28.6 Å². The molecule has 8 heteroatoms. The quantitative estimate of drug-likeness (QED) is 0.567. The number of amides is 1. The SMILES string of the molecule is Cc1ccc(F)c(C(=O)NC[C@H]2CC[C@@H](Nc3nc(N(C)C)c4ccccc4n3)CC2)c1F. The lowest BCUT2D eigenvalue weighted by atomic mass is 9.86. The van der Waals surface area contributed by atoms with Crippen molar-refractivity contribution in [3.63, 3.8) is 0 Å². The molecule has 0 unspecified atom stereocenters. The molecular formula is C25H29F2N5O. The van der Waals surface area contributed by atoms with E-state index in [0.29, 0.717) is 12.5 Å². The van der Waals surface area contributed by atoms with Gasteiger partial charge >= 0.3 is 0 Å². The number of anilines is 2. The maximum Gasteiger partial charge on any atom is 0.257 e. The maximum absolute atomic E-state index is 14.2. The van der Waals surface area contributed by atoms with Crippen LogP contribution in [0.3, 0.4) is 0 Å². The third-order valence-electron chi connectivity index (χ3n) is 6.25. The summed E-state index contributed by atoms with van der Waals surface area (Å²) < 4.78 is 28.1. The lowest BCUT2D eigenvalue weighted by molar-refractivity contribution is 0.0934. The summed E-state index contributed by atoms with van der Waals surface area (Å²) >= 11 is 0. The first-order chi connectivity index (χ1) is 15.8. The Morgan fingerprint density at radius 1 is 1.06 bits per heavy atom. The molecule has 1 aliphatic rings. The molecule has 6 nitrogen and oxygen atoms in total. The van der Waals surface area contributed by atoms with E-state index in [9.17, 15) is 13.6 Å². The molecule has 174 valence electrons. The van der Waals surface area contributed by atoms with Gasteiger partial charge in [-0.15, -0.1) is 0 Å². The summed E-state index contributed by atoms with van der Waals surface area (Å²) in [5.74, 6) is -0.592. The molecule has 4 rings (SSSR count). The number of aryl methyl sites for hydroxylation is 1. The van der Waals surface area contributed by atoms with Gasteiger partial charge in [-0.3, -0.25) is 4.79 Å². The van der Waals surface area contributed by atoms with E-state index in [1.807, 2.05) is 43.3 Å². The van der Waals surface area contributed by atoms with Crippen LogP contribution in [0, 0.1) is 24.5 Å². The molecule has 0 saturated heterocycles. The van der Waals surface area contributed by atoms with Gasteiger partial charge in [-0.25, -0.2) is 13.8 Å². The van der Waals surface area contributed by atoms with Gasteiger partial charge in [-0.2, -0.15) is 4.98 Å². The number of benzene rings is 2. The Morgan fingerprint density at radius 2 is 1.79 bits per heavy atom. The highest BCUT2D eigenvalue weighted by atomic mass is 19.1. The van der Waals surface area contributed by atoms with Gasteiger partial charge in [-0.1, -0.05) is 18.2 Å². The number of para-hydroxylation sites is 1. The summed E-state index contributed by atoms with van der Waals surface area (Å²) in [6.45, 7) is 1.91. The summed E-state index contributed by atoms with van der Waals surface area (Å²) in [6, 6.07) is 10.6. The Morgan fingerprint density at radius 3 is 2.52 bits per heavy atom. The number of nitrogens with zero attached hydrogens (tertiary/aromatic N) is 3. The van der Waals surface area contributed by atoms with Crippen LogP contribution in [0.15, 0.2) is 36.4 Å². The van der Waals surface area contributed by atoms with Crippen molar-refractivity contribution < 1.29 is 13.6 Å². The van der Waals surface area contributed by atoms with Crippen molar-refractivity contribution in [3.8, 4) is 0 Å². The molecule has 2 aromatic carbocycles. The first-order valence-corrected chi connectivity index (χ1v) is 11.3. The fourth-order valence-corrected chi connectivity index (χ4v) is 4.35. The Kier molecular flexibility index (Phi) is 6.72. The third-order valence-corrected chi connectivity index (χ3v) is 6.25. The maximum atomic E-state index is 14.2. The largest absolute Gasteiger partial charge is 0.362 e. The normalized spacial score (nSPS) is 18.2. The van der Waals surface area contributed by atoms with Gasteiger partial charge in [0.2, 0.25) is 5.95 Å². The predicted octanol–water partition coefficient (Wildman–Crippen LogP) is 4.68. The zero-order valence-corrected chi connectivity index (χ0v) is 19.2.